The second kappa shape index (κ2) is 9.73. The minimum Gasteiger partial charge on any atom is -0.493 e. The first-order valence-electron chi connectivity index (χ1n) is 11.8. The van der Waals surface area contributed by atoms with E-state index < -0.39 is 5.92 Å². The molecular weight excluding hydrogens is 456 g/mol. The molecule has 3 heterocycles. The number of rotatable bonds is 7. The molecule has 0 aliphatic carbocycles. The molecule has 2 aromatic heterocycles. The van der Waals surface area contributed by atoms with Crippen LogP contribution in [-0.2, 0) is 16.2 Å². The zero-order valence-corrected chi connectivity index (χ0v) is 20.5. The van der Waals surface area contributed by atoms with Gasteiger partial charge in [0.15, 0.2) is 11.5 Å². The Hall–Kier alpha value is -4.33. The Kier molecular flexibility index (Phi) is 6.33. The zero-order valence-electron chi connectivity index (χ0n) is 20.5. The molecule has 0 bridgehead atoms. The van der Waals surface area contributed by atoms with Crippen molar-refractivity contribution in [1.82, 2.24) is 9.38 Å². The number of carbonyl (C=O) groups excluding carboxylic acids is 2. The van der Waals surface area contributed by atoms with Gasteiger partial charge in [-0.2, -0.15) is 0 Å². The van der Waals surface area contributed by atoms with E-state index in [9.17, 15) is 9.59 Å². The van der Waals surface area contributed by atoms with E-state index in [1.165, 1.54) is 0 Å². The minimum atomic E-state index is -0.443. The Morgan fingerprint density at radius 1 is 1.11 bits per heavy atom. The summed E-state index contributed by atoms with van der Waals surface area (Å²) in [4.78, 5) is 32.0. The molecule has 0 saturated carbocycles. The van der Waals surface area contributed by atoms with Crippen LogP contribution in [0.4, 0.5) is 11.4 Å². The summed E-state index contributed by atoms with van der Waals surface area (Å²) in [6.07, 6.45) is 4.01. The predicted molar refractivity (Wildman–Crippen MR) is 138 cm³/mol. The topological polar surface area (TPSA) is 85.2 Å². The third-order valence-corrected chi connectivity index (χ3v) is 6.58. The van der Waals surface area contributed by atoms with E-state index in [2.05, 4.69) is 10.3 Å². The predicted octanol–water partition coefficient (Wildman–Crippen LogP) is 4.53. The van der Waals surface area contributed by atoms with Crippen molar-refractivity contribution in [3.8, 4) is 11.5 Å². The van der Waals surface area contributed by atoms with Crippen LogP contribution in [0.3, 0.4) is 0 Å². The van der Waals surface area contributed by atoms with Gasteiger partial charge in [-0.3, -0.25) is 9.59 Å². The molecule has 8 heteroatoms. The summed E-state index contributed by atoms with van der Waals surface area (Å²) in [5, 5.41) is 2.94. The van der Waals surface area contributed by atoms with Crippen LogP contribution in [-0.4, -0.2) is 34.9 Å². The number of aryl methyl sites for hydroxylation is 1. The van der Waals surface area contributed by atoms with E-state index in [4.69, 9.17) is 9.47 Å². The molecule has 2 aromatic carbocycles. The van der Waals surface area contributed by atoms with Crippen LogP contribution in [0.15, 0.2) is 67.0 Å². The molecular formula is C28H28N4O4. The van der Waals surface area contributed by atoms with Crippen molar-refractivity contribution >= 4 is 28.8 Å². The number of hydrogen-bond donors (Lipinski definition) is 1. The molecule has 4 aromatic rings. The Balaban J connectivity index is 1.27. The second-order valence-electron chi connectivity index (χ2n) is 8.97. The number of nitrogens with zero attached hydrogens (tertiary/aromatic N) is 3. The van der Waals surface area contributed by atoms with Gasteiger partial charge in [0.2, 0.25) is 11.8 Å². The van der Waals surface area contributed by atoms with Gasteiger partial charge in [0.1, 0.15) is 12.3 Å². The number of benzene rings is 2. The molecule has 0 radical (unpaired) electrons. The molecule has 184 valence electrons. The van der Waals surface area contributed by atoms with E-state index in [0.29, 0.717) is 23.7 Å². The maximum absolute atomic E-state index is 13.1. The Morgan fingerprint density at radius 3 is 2.78 bits per heavy atom. The lowest BCUT2D eigenvalue weighted by molar-refractivity contribution is -0.122. The first-order chi connectivity index (χ1) is 17.4. The van der Waals surface area contributed by atoms with Crippen molar-refractivity contribution < 1.29 is 19.1 Å². The largest absolute Gasteiger partial charge is 0.493 e. The molecule has 1 atom stereocenters. The lowest BCUT2D eigenvalue weighted by Crippen LogP contribution is -2.28. The second-order valence-corrected chi connectivity index (χ2v) is 8.97. The molecule has 1 unspecified atom stereocenters. The van der Waals surface area contributed by atoms with E-state index in [-0.39, 0.29) is 24.8 Å². The molecule has 1 aliphatic heterocycles. The molecule has 36 heavy (non-hydrogen) atoms. The molecule has 2 amide bonds. The lowest BCUT2D eigenvalue weighted by atomic mass is 10.1. The first-order valence-corrected chi connectivity index (χ1v) is 11.8. The fourth-order valence-electron chi connectivity index (χ4n) is 4.46. The Morgan fingerprint density at radius 2 is 1.97 bits per heavy atom. The number of fused-ring (bicyclic) bond motifs is 1. The van der Waals surface area contributed by atoms with Gasteiger partial charge in [0.05, 0.1) is 18.7 Å². The van der Waals surface area contributed by atoms with Crippen molar-refractivity contribution in [2.24, 2.45) is 5.92 Å². The SMILES string of the molecule is COc1ccc(NC(=O)C2CC(=O)N(c3cccc(C)c3C)C2)cc1OCc1cn2ccccc2n1. The van der Waals surface area contributed by atoms with E-state index >= 15 is 0 Å². The van der Waals surface area contributed by atoms with E-state index in [1.54, 1.807) is 30.2 Å². The van der Waals surface area contributed by atoms with Crippen molar-refractivity contribution in [2.45, 2.75) is 26.9 Å². The third kappa shape index (κ3) is 4.62. The summed E-state index contributed by atoms with van der Waals surface area (Å²) in [6.45, 7) is 4.61. The summed E-state index contributed by atoms with van der Waals surface area (Å²) in [7, 11) is 1.57. The molecule has 1 saturated heterocycles. The van der Waals surface area contributed by atoms with Crippen LogP contribution in [0.25, 0.3) is 5.65 Å². The normalized spacial score (nSPS) is 15.4. The van der Waals surface area contributed by atoms with Crippen LogP contribution in [0.5, 0.6) is 11.5 Å². The summed E-state index contributed by atoms with van der Waals surface area (Å²) in [6, 6.07) is 16.9. The standard InChI is InChI=1S/C28H28N4O4/c1-18-7-6-8-23(19(18)2)32-15-20(13-27(32)33)28(34)30-21-10-11-24(35-3)25(14-21)36-17-22-16-31-12-5-4-9-26(31)29-22/h4-12,14,16,20H,13,15,17H2,1-3H3,(H,30,34). The molecule has 5 rings (SSSR count). The van der Waals surface area contributed by atoms with Crippen molar-refractivity contribution in [1.29, 1.82) is 0 Å². The number of pyridine rings is 1. The maximum atomic E-state index is 13.1. The van der Waals surface area contributed by atoms with E-state index in [0.717, 1.165) is 28.2 Å². The fourth-order valence-corrected chi connectivity index (χ4v) is 4.46. The van der Waals surface area contributed by atoms with Gasteiger partial charge in [-0.05, 0) is 55.3 Å². The number of hydrogen-bond acceptors (Lipinski definition) is 5. The van der Waals surface area contributed by atoms with Gasteiger partial charge < -0.3 is 24.1 Å². The number of aromatic nitrogens is 2. The lowest BCUT2D eigenvalue weighted by Gasteiger charge is -2.20. The molecule has 8 nitrogen and oxygen atoms in total. The summed E-state index contributed by atoms with van der Waals surface area (Å²) in [5.74, 6) is 0.352. The maximum Gasteiger partial charge on any atom is 0.229 e. The smallest absolute Gasteiger partial charge is 0.229 e. The van der Waals surface area contributed by atoms with Crippen molar-refractivity contribution in [3.05, 3.63) is 83.8 Å². The zero-order chi connectivity index (χ0) is 25.2. The van der Waals surface area contributed by atoms with Gasteiger partial charge in [-0.25, -0.2) is 4.98 Å². The summed E-state index contributed by atoms with van der Waals surface area (Å²) >= 11 is 0. The average Bonchev–Trinajstić information content (AvgIpc) is 3.47. The van der Waals surface area contributed by atoms with Gasteiger partial charge in [-0.1, -0.05) is 18.2 Å². The molecule has 0 spiro atoms. The highest BCUT2D eigenvalue weighted by molar-refractivity contribution is 6.04. The van der Waals surface area contributed by atoms with Crippen LogP contribution in [0, 0.1) is 19.8 Å². The van der Waals surface area contributed by atoms with Gasteiger partial charge >= 0.3 is 0 Å². The number of ether oxygens (including phenoxy) is 2. The van der Waals surface area contributed by atoms with Crippen molar-refractivity contribution in [2.75, 3.05) is 23.9 Å². The highest BCUT2D eigenvalue weighted by atomic mass is 16.5. The number of carbonyl (C=O) groups is 2. The van der Waals surface area contributed by atoms with Crippen LogP contribution in [0.2, 0.25) is 0 Å². The summed E-state index contributed by atoms with van der Waals surface area (Å²) < 4.78 is 13.4. The highest BCUT2D eigenvalue weighted by Crippen LogP contribution is 2.33. The first kappa shape index (κ1) is 23.4. The molecule has 1 N–H and O–H groups in total. The average molecular weight is 485 g/mol. The third-order valence-electron chi connectivity index (χ3n) is 6.58. The summed E-state index contributed by atoms with van der Waals surface area (Å²) in [5.41, 5.74) is 5.21. The number of nitrogens with one attached hydrogen (secondary N) is 1. The van der Waals surface area contributed by atoms with Gasteiger partial charge in [-0.15, -0.1) is 0 Å². The fraction of sp³-hybridized carbons (Fsp3) is 0.250. The Bertz CT molecular complexity index is 1410. The monoisotopic (exact) mass is 484 g/mol. The molecule has 1 fully saturated rings. The van der Waals surface area contributed by atoms with Gasteiger partial charge in [0.25, 0.3) is 0 Å². The number of amides is 2. The van der Waals surface area contributed by atoms with Crippen LogP contribution < -0.4 is 19.7 Å². The number of anilines is 2. The van der Waals surface area contributed by atoms with Crippen LogP contribution >= 0.6 is 0 Å². The number of methoxy groups -OCH3 is 1. The van der Waals surface area contributed by atoms with Crippen molar-refractivity contribution in [3.63, 3.8) is 0 Å². The quantitative estimate of drug-likeness (QED) is 0.417. The minimum absolute atomic E-state index is 0.0462. The Labute approximate surface area is 209 Å². The van der Waals surface area contributed by atoms with Crippen LogP contribution in [0.1, 0.15) is 23.2 Å². The van der Waals surface area contributed by atoms with E-state index in [1.807, 2.05) is 67.0 Å². The molecule has 1 aliphatic rings. The van der Waals surface area contributed by atoms with Gasteiger partial charge in [0, 0.05) is 42.8 Å². The number of imidazole rings is 1. The highest BCUT2D eigenvalue weighted by Gasteiger charge is 2.35.